The van der Waals surface area contributed by atoms with Crippen LogP contribution in [0.5, 0.6) is 0 Å². The lowest BCUT2D eigenvalue weighted by atomic mass is 10.2. The Morgan fingerprint density at radius 3 is 2.29 bits per heavy atom. The van der Waals surface area contributed by atoms with E-state index in [0.717, 1.165) is 43.3 Å². The SMILES string of the molecule is O=C(CN1CCN(Cc2cccc(Cl)c2)CC1)NC(=O)NCc1ccccc1. The van der Waals surface area contributed by atoms with Crippen molar-refractivity contribution in [2.75, 3.05) is 32.7 Å². The lowest BCUT2D eigenvalue weighted by Gasteiger charge is -2.34. The fourth-order valence-corrected chi connectivity index (χ4v) is 3.40. The summed E-state index contributed by atoms with van der Waals surface area (Å²) in [7, 11) is 0. The number of nitrogens with one attached hydrogen (secondary N) is 2. The van der Waals surface area contributed by atoms with Gasteiger partial charge in [0.05, 0.1) is 6.54 Å². The van der Waals surface area contributed by atoms with Crippen LogP contribution < -0.4 is 10.6 Å². The second-order valence-electron chi connectivity index (χ2n) is 6.90. The fourth-order valence-electron chi connectivity index (χ4n) is 3.19. The molecule has 0 atom stereocenters. The van der Waals surface area contributed by atoms with Crippen molar-refractivity contribution in [3.05, 3.63) is 70.7 Å². The van der Waals surface area contributed by atoms with E-state index >= 15 is 0 Å². The first-order chi connectivity index (χ1) is 13.6. The van der Waals surface area contributed by atoms with Gasteiger partial charge in [-0.2, -0.15) is 0 Å². The van der Waals surface area contributed by atoms with Gasteiger partial charge in [0.25, 0.3) is 0 Å². The number of piperazine rings is 1. The predicted octanol–water partition coefficient (Wildman–Crippen LogP) is 2.48. The van der Waals surface area contributed by atoms with E-state index in [9.17, 15) is 9.59 Å². The van der Waals surface area contributed by atoms with Crippen LogP contribution in [0, 0.1) is 0 Å². The maximum Gasteiger partial charge on any atom is 0.321 e. The number of imide groups is 1. The van der Waals surface area contributed by atoms with Crippen molar-refractivity contribution in [2.24, 2.45) is 0 Å². The number of carbonyl (C=O) groups excluding carboxylic acids is 2. The molecule has 0 aromatic heterocycles. The second kappa shape index (κ2) is 10.2. The highest BCUT2D eigenvalue weighted by Gasteiger charge is 2.20. The second-order valence-corrected chi connectivity index (χ2v) is 7.34. The summed E-state index contributed by atoms with van der Waals surface area (Å²) in [5.41, 5.74) is 2.18. The molecule has 1 aliphatic heterocycles. The van der Waals surface area contributed by atoms with Crippen LogP contribution in [0.4, 0.5) is 4.79 Å². The van der Waals surface area contributed by atoms with E-state index in [1.807, 2.05) is 48.5 Å². The Balaban J connectivity index is 1.34. The maximum atomic E-state index is 12.1. The Morgan fingerprint density at radius 1 is 0.893 bits per heavy atom. The van der Waals surface area contributed by atoms with Gasteiger partial charge in [0.1, 0.15) is 0 Å². The van der Waals surface area contributed by atoms with Crippen molar-refractivity contribution in [1.29, 1.82) is 0 Å². The number of hydrogen-bond donors (Lipinski definition) is 2. The summed E-state index contributed by atoms with van der Waals surface area (Å²) in [6.45, 7) is 4.80. The summed E-state index contributed by atoms with van der Waals surface area (Å²) in [6, 6.07) is 17.0. The minimum Gasteiger partial charge on any atom is -0.334 e. The Labute approximate surface area is 170 Å². The van der Waals surface area contributed by atoms with E-state index in [4.69, 9.17) is 11.6 Å². The molecule has 7 heteroatoms. The van der Waals surface area contributed by atoms with Crippen LogP contribution in [0.2, 0.25) is 5.02 Å². The zero-order chi connectivity index (χ0) is 19.8. The fraction of sp³-hybridized carbons (Fsp3) is 0.333. The van der Waals surface area contributed by atoms with Crippen molar-refractivity contribution in [3.63, 3.8) is 0 Å². The lowest BCUT2D eigenvalue weighted by Crippen LogP contribution is -2.50. The van der Waals surface area contributed by atoms with Crippen molar-refractivity contribution in [1.82, 2.24) is 20.4 Å². The van der Waals surface area contributed by atoms with Gasteiger partial charge in [-0.15, -0.1) is 0 Å². The van der Waals surface area contributed by atoms with Crippen LogP contribution in [0.15, 0.2) is 54.6 Å². The van der Waals surface area contributed by atoms with Crippen molar-refractivity contribution >= 4 is 23.5 Å². The number of carbonyl (C=O) groups is 2. The summed E-state index contributed by atoms with van der Waals surface area (Å²) in [5.74, 6) is -0.283. The van der Waals surface area contributed by atoms with E-state index in [-0.39, 0.29) is 12.5 Å². The minimum absolute atomic E-state index is 0.226. The highest BCUT2D eigenvalue weighted by molar-refractivity contribution is 6.30. The molecular weight excluding hydrogens is 376 g/mol. The number of nitrogens with zero attached hydrogens (tertiary/aromatic N) is 2. The smallest absolute Gasteiger partial charge is 0.321 e. The number of amides is 3. The lowest BCUT2D eigenvalue weighted by molar-refractivity contribution is -0.121. The summed E-state index contributed by atoms with van der Waals surface area (Å²) in [4.78, 5) is 28.4. The third-order valence-electron chi connectivity index (χ3n) is 4.68. The molecule has 0 bridgehead atoms. The molecule has 2 aromatic rings. The summed E-state index contributed by atoms with van der Waals surface area (Å²) >= 11 is 6.04. The van der Waals surface area contributed by atoms with E-state index in [1.54, 1.807) is 0 Å². The molecule has 28 heavy (non-hydrogen) atoms. The quantitative estimate of drug-likeness (QED) is 0.781. The van der Waals surface area contributed by atoms with Crippen molar-refractivity contribution < 1.29 is 9.59 Å². The highest BCUT2D eigenvalue weighted by atomic mass is 35.5. The molecule has 2 aromatic carbocycles. The topological polar surface area (TPSA) is 64.7 Å². The van der Waals surface area contributed by atoms with Crippen LogP contribution in [0.1, 0.15) is 11.1 Å². The Bertz CT molecular complexity index is 792. The highest BCUT2D eigenvalue weighted by Crippen LogP contribution is 2.13. The number of benzene rings is 2. The first-order valence-electron chi connectivity index (χ1n) is 9.39. The van der Waals surface area contributed by atoms with Crippen molar-refractivity contribution in [2.45, 2.75) is 13.1 Å². The third-order valence-corrected chi connectivity index (χ3v) is 4.91. The molecule has 2 N–H and O–H groups in total. The molecular formula is C21H25ClN4O2. The van der Waals surface area contributed by atoms with E-state index in [2.05, 4.69) is 26.5 Å². The van der Waals surface area contributed by atoms with Gasteiger partial charge in [0.15, 0.2) is 0 Å². The molecule has 1 aliphatic rings. The average Bonchev–Trinajstić information content (AvgIpc) is 2.69. The average molecular weight is 401 g/mol. The van der Waals surface area contributed by atoms with E-state index in [0.29, 0.717) is 6.54 Å². The Morgan fingerprint density at radius 2 is 1.57 bits per heavy atom. The number of halogens is 1. The summed E-state index contributed by atoms with van der Waals surface area (Å²) < 4.78 is 0. The predicted molar refractivity (Wildman–Crippen MR) is 110 cm³/mol. The molecule has 1 saturated heterocycles. The molecule has 0 saturated carbocycles. The molecule has 1 fully saturated rings. The number of urea groups is 1. The van der Waals surface area contributed by atoms with Crippen LogP contribution >= 0.6 is 11.6 Å². The largest absolute Gasteiger partial charge is 0.334 e. The molecule has 1 heterocycles. The minimum atomic E-state index is -0.464. The van der Waals surface area contributed by atoms with Crippen LogP contribution in [-0.4, -0.2) is 54.5 Å². The van der Waals surface area contributed by atoms with Crippen molar-refractivity contribution in [3.8, 4) is 0 Å². The van der Waals surface area contributed by atoms with E-state index in [1.165, 1.54) is 5.56 Å². The van der Waals surface area contributed by atoms with Gasteiger partial charge in [-0.05, 0) is 23.3 Å². The molecule has 6 nitrogen and oxygen atoms in total. The van der Waals surface area contributed by atoms with Gasteiger partial charge < -0.3 is 5.32 Å². The van der Waals surface area contributed by atoms with Gasteiger partial charge in [0, 0.05) is 44.3 Å². The zero-order valence-corrected chi connectivity index (χ0v) is 16.5. The maximum absolute atomic E-state index is 12.1. The molecule has 0 spiro atoms. The summed E-state index contributed by atoms with van der Waals surface area (Å²) in [6.07, 6.45) is 0. The number of rotatable bonds is 6. The normalized spacial score (nSPS) is 15.2. The zero-order valence-electron chi connectivity index (χ0n) is 15.7. The molecule has 0 unspecified atom stereocenters. The standard InChI is InChI=1S/C21H25ClN4O2/c22-19-8-4-7-18(13-19)15-25-9-11-26(12-10-25)16-20(27)24-21(28)23-14-17-5-2-1-3-6-17/h1-8,13H,9-12,14-16H2,(H2,23,24,27,28). The van der Waals surface area contributed by atoms with Gasteiger partial charge in [0.2, 0.25) is 5.91 Å². The van der Waals surface area contributed by atoms with Gasteiger partial charge in [-0.25, -0.2) is 4.79 Å². The molecule has 0 aliphatic carbocycles. The number of hydrogen-bond acceptors (Lipinski definition) is 4. The Kier molecular flexibility index (Phi) is 7.42. The van der Waals surface area contributed by atoms with Gasteiger partial charge in [-0.1, -0.05) is 54.1 Å². The Hall–Kier alpha value is -2.41. The first kappa shape index (κ1) is 20.3. The van der Waals surface area contributed by atoms with E-state index < -0.39 is 6.03 Å². The first-order valence-corrected chi connectivity index (χ1v) is 9.77. The van der Waals surface area contributed by atoms with Crippen LogP contribution in [-0.2, 0) is 17.9 Å². The van der Waals surface area contributed by atoms with Gasteiger partial charge in [-0.3, -0.25) is 19.9 Å². The third kappa shape index (κ3) is 6.64. The monoisotopic (exact) mass is 400 g/mol. The molecule has 3 amide bonds. The molecule has 148 valence electrons. The summed E-state index contributed by atoms with van der Waals surface area (Å²) in [5, 5.41) is 5.84. The van der Waals surface area contributed by atoms with Crippen LogP contribution in [0.25, 0.3) is 0 Å². The molecule has 3 rings (SSSR count). The van der Waals surface area contributed by atoms with Gasteiger partial charge >= 0.3 is 6.03 Å². The molecule has 0 radical (unpaired) electrons. The van der Waals surface area contributed by atoms with Crippen LogP contribution in [0.3, 0.4) is 0 Å².